The monoisotopic (exact) mass is 433 g/mol. The number of carbonyl (C=O) groups is 2. The number of Topliss-reactive ketones (excluding diaryl/α,β-unsaturated/α-hetero) is 1. The van der Waals surface area contributed by atoms with Crippen LogP contribution in [0, 0.1) is 0 Å². The molecule has 2 aromatic heterocycles. The zero-order valence-corrected chi connectivity index (χ0v) is 18.8. The lowest BCUT2D eigenvalue weighted by molar-refractivity contribution is 0.0978. The number of aldehydes is 1. The van der Waals surface area contributed by atoms with Gasteiger partial charge in [-0.05, 0) is 50.7 Å². The summed E-state index contributed by atoms with van der Waals surface area (Å²) in [6.45, 7) is 7.53. The Bertz CT molecular complexity index is 1200. The highest BCUT2D eigenvalue weighted by molar-refractivity contribution is 7.23. The molecule has 0 saturated carbocycles. The van der Waals surface area contributed by atoms with Gasteiger partial charge in [0.05, 0.1) is 15.9 Å². The van der Waals surface area contributed by atoms with Gasteiger partial charge in [0.1, 0.15) is 6.29 Å². The maximum atomic E-state index is 12.7. The second-order valence-electron chi connectivity index (χ2n) is 7.71. The van der Waals surface area contributed by atoms with E-state index in [4.69, 9.17) is 4.98 Å². The number of aromatic nitrogens is 2. The second-order valence-corrected chi connectivity index (χ2v) is 8.72. The fourth-order valence-electron chi connectivity index (χ4n) is 3.85. The molecule has 0 spiro atoms. The van der Waals surface area contributed by atoms with Gasteiger partial charge in [-0.25, -0.2) is 4.98 Å². The maximum Gasteiger partial charge on any atom is 0.195 e. The number of unbranched alkanes of at least 4 members (excludes halogenated alkanes) is 1. The first-order chi connectivity index (χ1) is 15.1. The molecule has 0 aliphatic heterocycles. The largest absolute Gasteiger partial charge is 0.304 e. The predicted octanol–water partition coefficient (Wildman–Crippen LogP) is 5.72. The number of hydrogen-bond acceptors (Lipinski definition) is 5. The lowest BCUT2D eigenvalue weighted by atomic mass is 10.1. The first-order valence-electron chi connectivity index (χ1n) is 10.9. The Kier molecular flexibility index (Phi) is 6.59. The molecule has 4 aromatic rings. The number of carbonyl (C=O) groups excluding carboxylic acids is 2. The number of thiazole rings is 1. The summed E-state index contributed by atoms with van der Waals surface area (Å²) in [5, 5.41) is 0. The predicted molar refractivity (Wildman–Crippen MR) is 127 cm³/mol. The third-order valence-electron chi connectivity index (χ3n) is 5.78. The standard InChI is InChI=1S/C25H27N3O2S/c1-3-27(4-2)14-6-5-7-23(30)20-12-13-22-24(15-20)31-25-26-21(16-28(22)25)19-10-8-18(17-29)9-11-19/h8-13,15-17H,3-7,14H2,1-2H3. The van der Waals surface area contributed by atoms with Crippen LogP contribution in [0.5, 0.6) is 0 Å². The summed E-state index contributed by atoms with van der Waals surface area (Å²) in [5.41, 5.74) is 4.34. The zero-order valence-electron chi connectivity index (χ0n) is 18.0. The number of ketones is 1. The van der Waals surface area contributed by atoms with E-state index in [-0.39, 0.29) is 5.78 Å². The van der Waals surface area contributed by atoms with Gasteiger partial charge < -0.3 is 4.90 Å². The zero-order chi connectivity index (χ0) is 21.8. The first-order valence-corrected chi connectivity index (χ1v) is 11.7. The Morgan fingerprint density at radius 3 is 2.58 bits per heavy atom. The van der Waals surface area contributed by atoms with Gasteiger partial charge in [-0.15, -0.1) is 0 Å². The van der Waals surface area contributed by atoms with E-state index in [1.54, 1.807) is 23.5 Å². The van der Waals surface area contributed by atoms with Crippen LogP contribution in [0.4, 0.5) is 0 Å². The lowest BCUT2D eigenvalue weighted by Crippen LogP contribution is -2.24. The van der Waals surface area contributed by atoms with E-state index in [2.05, 4.69) is 23.1 Å². The Morgan fingerprint density at radius 2 is 1.87 bits per heavy atom. The van der Waals surface area contributed by atoms with Crippen LogP contribution in [0.3, 0.4) is 0 Å². The molecular formula is C25H27N3O2S. The van der Waals surface area contributed by atoms with Crippen LogP contribution in [0.15, 0.2) is 48.7 Å². The van der Waals surface area contributed by atoms with Crippen molar-refractivity contribution in [1.82, 2.24) is 14.3 Å². The Hall–Kier alpha value is -2.83. The van der Waals surface area contributed by atoms with Crippen molar-refractivity contribution in [1.29, 1.82) is 0 Å². The fraction of sp³-hybridized carbons (Fsp3) is 0.320. The van der Waals surface area contributed by atoms with E-state index in [9.17, 15) is 9.59 Å². The minimum absolute atomic E-state index is 0.212. The molecule has 0 saturated heterocycles. The first kappa shape index (κ1) is 21.4. The van der Waals surface area contributed by atoms with Gasteiger partial charge >= 0.3 is 0 Å². The van der Waals surface area contributed by atoms with Gasteiger partial charge in [0.15, 0.2) is 10.7 Å². The van der Waals surface area contributed by atoms with Crippen molar-refractivity contribution in [2.24, 2.45) is 0 Å². The van der Waals surface area contributed by atoms with Gasteiger partial charge in [-0.3, -0.25) is 14.0 Å². The van der Waals surface area contributed by atoms with Gasteiger partial charge in [0.25, 0.3) is 0 Å². The van der Waals surface area contributed by atoms with E-state index in [0.717, 1.165) is 70.8 Å². The molecule has 0 amide bonds. The average molecular weight is 434 g/mol. The quantitative estimate of drug-likeness (QED) is 0.182. The van der Waals surface area contributed by atoms with Crippen LogP contribution < -0.4 is 0 Å². The summed E-state index contributed by atoms with van der Waals surface area (Å²) in [5.74, 6) is 0.212. The molecule has 31 heavy (non-hydrogen) atoms. The number of fused-ring (bicyclic) bond motifs is 3. The van der Waals surface area contributed by atoms with Crippen LogP contribution in [0.25, 0.3) is 26.4 Å². The molecule has 0 fully saturated rings. The molecule has 0 aliphatic rings. The molecule has 0 radical (unpaired) electrons. The van der Waals surface area contributed by atoms with Crippen LogP contribution in [0.2, 0.25) is 0 Å². The highest BCUT2D eigenvalue weighted by Gasteiger charge is 2.13. The van der Waals surface area contributed by atoms with Crippen molar-refractivity contribution in [3.8, 4) is 11.3 Å². The fourth-order valence-corrected chi connectivity index (χ4v) is 4.90. The molecular weight excluding hydrogens is 406 g/mol. The summed E-state index contributed by atoms with van der Waals surface area (Å²) >= 11 is 1.59. The average Bonchev–Trinajstić information content (AvgIpc) is 3.36. The molecule has 160 valence electrons. The molecule has 0 atom stereocenters. The van der Waals surface area contributed by atoms with Crippen LogP contribution >= 0.6 is 11.3 Å². The smallest absolute Gasteiger partial charge is 0.195 e. The maximum absolute atomic E-state index is 12.7. The summed E-state index contributed by atoms with van der Waals surface area (Å²) < 4.78 is 3.14. The second kappa shape index (κ2) is 9.54. The van der Waals surface area contributed by atoms with Crippen molar-refractivity contribution in [3.05, 3.63) is 59.8 Å². The molecule has 4 rings (SSSR count). The Balaban J connectivity index is 1.48. The van der Waals surface area contributed by atoms with Crippen molar-refractivity contribution in [2.45, 2.75) is 33.1 Å². The van der Waals surface area contributed by atoms with E-state index in [1.807, 2.05) is 36.5 Å². The summed E-state index contributed by atoms with van der Waals surface area (Å²) in [7, 11) is 0. The van der Waals surface area contributed by atoms with Crippen LogP contribution in [-0.2, 0) is 0 Å². The van der Waals surface area contributed by atoms with Crippen molar-refractivity contribution in [2.75, 3.05) is 19.6 Å². The molecule has 0 unspecified atom stereocenters. The van der Waals surface area contributed by atoms with Gasteiger partial charge in [-0.1, -0.05) is 49.4 Å². The highest BCUT2D eigenvalue weighted by atomic mass is 32.1. The molecule has 0 N–H and O–H groups in total. The molecule has 5 nitrogen and oxygen atoms in total. The van der Waals surface area contributed by atoms with Gasteiger partial charge in [0.2, 0.25) is 0 Å². The Morgan fingerprint density at radius 1 is 1.10 bits per heavy atom. The highest BCUT2D eigenvalue weighted by Crippen LogP contribution is 2.30. The third kappa shape index (κ3) is 4.60. The summed E-state index contributed by atoms with van der Waals surface area (Å²) in [6.07, 6.45) is 5.43. The molecule has 0 aliphatic carbocycles. The molecule has 2 aromatic carbocycles. The van der Waals surface area contributed by atoms with E-state index < -0.39 is 0 Å². The van der Waals surface area contributed by atoms with Crippen LogP contribution in [0.1, 0.15) is 53.8 Å². The molecule has 2 heterocycles. The lowest BCUT2D eigenvalue weighted by Gasteiger charge is -2.17. The van der Waals surface area contributed by atoms with Gasteiger partial charge in [0, 0.05) is 29.3 Å². The number of hydrogen-bond donors (Lipinski definition) is 0. The molecule has 6 heteroatoms. The van der Waals surface area contributed by atoms with E-state index >= 15 is 0 Å². The number of imidazole rings is 1. The topological polar surface area (TPSA) is 54.7 Å². The minimum atomic E-state index is 0.212. The number of rotatable bonds is 10. The molecule has 0 bridgehead atoms. The summed E-state index contributed by atoms with van der Waals surface area (Å²) in [4.78, 5) is 31.6. The summed E-state index contributed by atoms with van der Waals surface area (Å²) in [6, 6.07) is 13.4. The van der Waals surface area contributed by atoms with Crippen molar-refractivity contribution in [3.63, 3.8) is 0 Å². The van der Waals surface area contributed by atoms with E-state index in [1.165, 1.54) is 0 Å². The number of nitrogens with zero attached hydrogens (tertiary/aromatic N) is 3. The van der Waals surface area contributed by atoms with E-state index in [0.29, 0.717) is 12.0 Å². The minimum Gasteiger partial charge on any atom is -0.304 e. The van der Waals surface area contributed by atoms with Gasteiger partial charge in [-0.2, -0.15) is 0 Å². The van der Waals surface area contributed by atoms with Crippen LogP contribution in [-0.4, -0.2) is 46.0 Å². The SMILES string of the molecule is CCN(CC)CCCCC(=O)c1ccc2c(c1)sc1nc(-c3ccc(C=O)cc3)cn12. The number of benzene rings is 2. The normalized spacial score (nSPS) is 11.6. The third-order valence-corrected chi connectivity index (χ3v) is 6.80. The Labute approximate surface area is 186 Å². The van der Waals surface area contributed by atoms with Crippen molar-refractivity contribution >= 4 is 38.6 Å². The van der Waals surface area contributed by atoms with Crippen molar-refractivity contribution < 1.29 is 9.59 Å².